The van der Waals surface area contributed by atoms with Crippen LogP contribution in [0.2, 0.25) is 0 Å². The molecule has 1 aromatic rings. The van der Waals surface area contributed by atoms with Crippen molar-refractivity contribution < 1.29 is 19.1 Å². The Morgan fingerprint density at radius 2 is 2.00 bits per heavy atom. The molecule has 0 spiro atoms. The third-order valence-electron chi connectivity index (χ3n) is 4.75. The van der Waals surface area contributed by atoms with E-state index in [1.807, 2.05) is 25.1 Å². The van der Waals surface area contributed by atoms with E-state index >= 15 is 0 Å². The van der Waals surface area contributed by atoms with Crippen molar-refractivity contribution in [3.8, 4) is 11.5 Å². The second kappa shape index (κ2) is 8.92. The first kappa shape index (κ1) is 20.1. The van der Waals surface area contributed by atoms with Gasteiger partial charge in [-0.05, 0) is 43.9 Å². The molecule has 1 heterocycles. The molecule has 3 atom stereocenters. The van der Waals surface area contributed by atoms with E-state index in [9.17, 15) is 9.59 Å². The Bertz CT molecular complexity index is 645. The lowest BCUT2D eigenvalue weighted by Crippen LogP contribution is -2.47. The predicted octanol–water partition coefficient (Wildman–Crippen LogP) is 2.82. The first-order chi connectivity index (χ1) is 12.3. The lowest BCUT2D eigenvalue weighted by Gasteiger charge is -2.31. The topological polar surface area (TPSA) is 76.7 Å². The molecule has 2 rings (SSSR count). The zero-order valence-electron chi connectivity index (χ0n) is 16.3. The number of carbonyl (C=O) groups is 2. The number of nitrogens with one attached hydrogen (secondary N) is 2. The summed E-state index contributed by atoms with van der Waals surface area (Å²) in [6.07, 6.45) is 1.80. The van der Waals surface area contributed by atoms with Gasteiger partial charge in [0.1, 0.15) is 11.5 Å². The standard InChI is InChI=1S/C20H30N2O4/c1-12(2)8-15-9-14(10-19(23)22-15)20(24)21-13(3)17-11-16(25-4)6-7-18(17)26-5/h6-7,11-15H,8-10H2,1-5H3,(H,21,24)(H,22,23)/t13-,14+,15+/m0/s1. The van der Waals surface area contributed by atoms with Crippen molar-refractivity contribution in [3.63, 3.8) is 0 Å². The van der Waals surface area contributed by atoms with Gasteiger partial charge in [-0.25, -0.2) is 0 Å². The maximum atomic E-state index is 12.7. The summed E-state index contributed by atoms with van der Waals surface area (Å²) >= 11 is 0. The molecule has 0 saturated carbocycles. The van der Waals surface area contributed by atoms with Gasteiger partial charge in [0, 0.05) is 23.9 Å². The Kier molecular flexibility index (Phi) is 6.89. The average Bonchev–Trinajstić information content (AvgIpc) is 2.59. The van der Waals surface area contributed by atoms with Crippen LogP contribution in [0.25, 0.3) is 0 Å². The van der Waals surface area contributed by atoms with Crippen LogP contribution in [0.4, 0.5) is 0 Å². The number of carbonyl (C=O) groups excluding carboxylic acids is 2. The zero-order valence-corrected chi connectivity index (χ0v) is 16.3. The molecule has 0 aliphatic carbocycles. The first-order valence-electron chi connectivity index (χ1n) is 9.15. The molecule has 1 aliphatic heterocycles. The van der Waals surface area contributed by atoms with Gasteiger partial charge in [-0.15, -0.1) is 0 Å². The SMILES string of the molecule is COc1ccc(OC)c([C@H](C)NC(=O)[C@H]2CC(=O)N[C@H](CC(C)C)C2)c1. The van der Waals surface area contributed by atoms with Crippen molar-refractivity contribution in [2.75, 3.05) is 14.2 Å². The summed E-state index contributed by atoms with van der Waals surface area (Å²) in [6.45, 7) is 6.14. The minimum Gasteiger partial charge on any atom is -0.497 e. The van der Waals surface area contributed by atoms with Crippen LogP contribution in [0.15, 0.2) is 18.2 Å². The lowest BCUT2D eigenvalue weighted by molar-refractivity contribution is -0.134. The van der Waals surface area contributed by atoms with Crippen molar-refractivity contribution in [3.05, 3.63) is 23.8 Å². The molecule has 2 amide bonds. The predicted molar refractivity (Wildman–Crippen MR) is 100 cm³/mol. The summed E-state index contributed by atoms with van der Waals surface area (Å²) < 4.78 is 10.7. The molecule has 2 N–H and O–H groups in total. The minimum absolute atomic E-state index is 0.0475. The highest BCUT2D eigenvalue weighted by atomic mass is 16.5. The van der Waals surface area contributed by atoms with Crippen LogP contribution >= 0.6 is 0 Å². The molecule has 0 unspecified atom stereocenters. The van der Waals surface area contributed by atoms with Crippen LogP contribution in [0.5, 0.6) is 11.5 Å². The summed E-state index contributed by atoms with van der Waals surface area (Å²) in [4.78, 5) is 24.7. The van der Waals surface area contributed by atoms with Crippen LogP contribution in [-0.4, -0.2) is 32.1 Å². The smallest absolute Gasteiger partial charge is 0.224 e. The van der Waals surface area contributed by atoms with E-state index in [2.05, 4.69) is 24.5 Å². The fourth-order valence-corrected chi connectivity index (χ4v) is 3.51. The molecule has 144 valence electrons. The first-order valence-corrected chi connectivity index (χ1v) is 9.15. The van der Waals surface area contributed by atoms with Gasteiger partial charge in [-0.1, -0.05) is 13.8 Å². The quantitative estimate of drug-likeness (QED) is 0.782. The fourth-order valence-electron chi connectivity index (χ4n) is 3.51. The number of methoxy groups -OCH3 is 2. The van der Waals surface area contributed by atoms with Gasteiger partial charge in [0.25, 0.3) is 0 Å². The molecule has 26 heavy (non-hydrogen) atoms. The van der Waals surface area contributed by atoms with Gasteiger partial charge >= 0.3 is 0 Å². The van der Waals surface area contributed by atoms with Crippen molar-refractivity contribution in [1.82, 2.24) is 10.6 Å². The molecule has 1 fully saturated rings. The van der Waals surface area contributed by atoms with E-state index in [0.29, 0.717) is 23.8 Å². The van der Waals surface area contributed by atoms with Crippen molar-refractivity contribution in [1.29, 1.82) is 0 Å². The Balaban J connectivity index is 2.07. The van der Waals surface area contributed by atoms with Crippen LogP contribution in [-0.2, 0) is 9.59 Å². The summed E-state index contributed by atoms with van der Waals surface area (Å²) in [7, 11) is 3.20. The van der Waals surface area contributed by atoms with Gasteiger partial charge in [-0.3, -0.25) is 9.59 Å². The molecule has 0 bridgehead atoms. The molecule has 0 radical (unpaired) electrons. The number of rotatable bonds is 7. The summed E-state index contributed by atoms with van der Waals surface area (Å²) in [5.41, 5.74) is 0.846. The zero-order chi connectivity index (χ0) is 19.3. The number of amides is 2. The average molecular weight is 362 g/mol. The van der Waals surface area contributed by atoms with Crippen LogP contribution in [0.1, 0.15) is 51.6 Å². The normalized spacial score (nSPS) is 21.1. The highest BCUT2D eigenvalue weighted by Crippen LogP contribution is 2.30. The minimum atomic E-state index is -0.299. The third kappa shape index (κ3) is 5.13. The summed E-state index contributed by atoms with van der Waals surface area (Å²) in [6, 6.07) is 5.32. The largest absolute Gasteiger partial charge is 0.497 e. The molecular formula is C20H30N2O4. The number of hydrogen-bond donors (Lipinski definition) is 2. The van der Waals surface area contributed by atoms with E-state index < -0.39 is 0 Å². The summed E-state index contributed by atoms with van der Waals surface area (Å²) in [5, 5.41) is 6.03. The van der Waals surface area contributed by atoms with E-state index in [1.165, 1.54) is 0 Å². The van der Waals surface area contributed by atoms with Gasteiger partial charge in [-0.2, -0.15) is 0 Å². The highest BCUT2D eigenvalue weighted by Gasteiger charge is 2.32. The Labute approximate surface area is 155 Å². The second-order valence-electron chi connectivity index (χ2n) is 7.37. The van der Waals surface area contributed by atoms with Crippen molar-refractivity contribution >= 4 is 11.8 Å². The maximum absolute atomic E-state index is 12.7. The van der Waals surface area contributed by atoms with Crippen LogP contribution < -0.4 is 20.1 Å². The highest BCUT2D eigenvalue weighted by molar-refractivity contribution is 5.87. The van der Waals surface area contributed by atoms with Crippen LogP contribution in [0, 0.1) is 11.8 Å². The number of ether oxygens (including phenoxy) is 2. The molecule has 1 aromatic carbocycles. The molecule has 0 aromatic heterocycles. The van der Waals surface area contributed by atoms with Gasteiger partial charge in [0.15, 0.2) is 0 Å². The fraction of sp³-hybridized carbons (Fsp3) is 0.600. The maximum Gasteiger partial charge on any atom is 0.224 e. The molecular weight excluding hydrogens is 332 g/mol. The molecule has 6 nitrogen and oxygen atoms in total. The van der Waals surface area contributed by atoms with Crippen molar-refractivity contribution in [2.24, 2.45) is 11.8 Å². The van der Waals surface area contributed by atoms with E-state index in [1.54, 1.807) is 14.2 Å². The molecule has 1 aliphatic rings. The summed E-state index contributed by atoms with van der Waals surface area (Å²) in [5.74, 6) is 1.43. The lowest BCUT2D eigenvalue weighted by atomic mass is 9.87. The van der Waals surface area contributed by atoms with Gasteiger partial charge < -0.3 is 20.1 Å². The van der Waals surface area contributed by atoms with Gasteiger partial charge in [0.05, 0.1) is 20.3 Å². The number of benzene rings is 1. The van der Waals surface area contributed by atoms with Crippen LogP contribution in [0.3, 0.4) is 0 Å². The van der Waals surface area contributed by atoms with E-state index in [-0.39, 0.29) is 36.2 Å². The monoisotopic (exact) mass is 362 g/mol. The van der Waals surface area contributed by atoms with E-state index in [0.717, 1.165) is 12.0 Å². The number of hydrogen-bond acceptors (Lipinski definition) is 4. The molecule has 6 heteroatoms. The van der Waals surface area contributed by atoms with Crippen molar-refractivity contribution in [2.45, 2.75) is 52.1 Å². The Hall–Kier alpha value is -2.24. The second-order valence-corrected chi connectivity index (χ2v) is 7.37. The van der Waals surface area contributed by atoms with E-state index in [4.69, 9.17) is 9.47 Å². The Morgan fingerprint density at radius 3 is 2.62 bits per heavy atom. The third-order valence-corrected chi connectivity index (χ3v) is 4.75. The Morgan fingerprint density at radius 1 is 1.27 bits per heavy atom. The van der Waals surface area contributed by atoms with Gasteiger partial charge in [0.2, 0.25) is 11.8 Å². The molecule has 1 saturated heterocycles. The number of piperidine rings is 1.